The number of piperidine rings is 1. The predicted molar refractivity (Wildman–Crippen MR) is 75.8 cm³/mol. The summed E-state index contributed by atoms with van der Waals surface area (Å²) in [7, 11) is 0. The molecule has 0 spiro atoms. The first-order valence-electron chi connectivity index (χ1n) is 7.39. The van der Waals surface area contributed by atoms with Gasteiger partial charge in [0.25, 0.3) is 0 Å². The molecule has 1 aliphatic heterocycles. The van der Waals surface area contributed by atoms with E-state index in [0.29, 0.717) is 6.61 Å². The van der Waals surface area contributed by atoms with Crippen LogP contribution in [0.25, 0.3) is 0 Å². The lowest BCUT2D eigenvalue weighted by Gasteiger charge is -2.26. The first-order valence-corrected chi connectivity index (χ1v) is 7.39. The first kappa shape index (κ1) is 17.4. The molecule has 1 rings (SSSR count). The Kier molecular flexibility index (Phi) is 12.4. The summed E-state index contributed by atoms with van der Waals surface area (Å²) >= 11 is 0. The minimum absolute atomic E-state index is 0.000458. The molecular formula is C14H30N2O2. The van der Waals surface area contributed by atoms with Crippen molar-refractivity contribution in [1.82, 2.24) is 10.2 Å². The molecule has 0 atom stereocenters. The van der Waals surface area contributed by atoms with Gasteiger partial charge >= 0.3 is 0 Å². The molecule has 4 nitrogen and oxygen atoms in total. The second-order valence-corrected chi connectivity index (χ2v) is 4.24. The van der Waals surface area contributed by atoms with E-state index in [1.54, 1.807) is 0 Å². The van der Waals surface area contributed by atoms with Crippen LogP contribution in [0.3, 0.4) is 0 Å². The van der Waals surface area contributed by atoms with Crippen LogP contribution < -0.4 is 5.32 Å². The largest absolute Gasteiger partial charge is 0.372 e. The predicted octanol–water partition coefficient (Wildman–Crippen LogP) is 2.04. The molecule has 1 saturated heterocycles. The number of rotatable bonds is 7. The molecule has 0 unspecified atom stereocenters. The number of hydrogen-bond acceptors (Lipinski definition) is 3. The smallest absolute Gasteiger partial charge is 0.245 e. The highest BCUT2D eigenvalue weighted by atomic mass is 16.5. The van der Waals surface area contributed by atoms with Crippen molar-refractivity contribution in [2.24, 2.45) is 0 Å². The Hall–Kier alpha value is -0.610. The van der Waals surface area contributed by atoms with Crippen molar-refractivity contribution in [2.75, 3.05) is 39.4 Å². The molecular weight excluding hydrogens is 228 g/mol. The van der Waals surface area contributed by atoms with Crippen molar-refractivity contribution in [3.8, 4) is 0 Å². The van der Waals surface area contributed by atoms with E-state index < -0.39 is 0 Å². The van der Waals surface area contributed by atoms with Gasteiger partial charge in [0, 0.05) is 13.2 Å². The van der Waals surface area contributed by atoms with Crippen molar-refractivity contribution in [3.05, 3.63) is 0 Å². The minimum Gasteiger partial charge on any atom is -0.372 e. The molecule has 0 saturated carbocycles. The fourth-order valence-corrected chi connectivity index (χ4v) is 1.96. The average Bonchev–Trinajstić information content (AvgIpc) is 2.44. The Bertz CT molecular complexity index is 192. The van der Waals surface area contributed by atoms with Crippen LogP contribution in [0.4, 0.5) is 0 Å². The van der Waals surface area contributed by atoms with Gasteiger partial charge in [-0.1, -0.05) is 20.3 Å². The lowest BCUT2D eigenvalue weighted by Crippen LogP contribution is -2.34. The maximum absolute atomic E-state index is 11.2. The van der Waals surface area contributed by atoms with Gasteiger partial charge in [-0.15, -0.1) is 0 Å². The molecule has 108 valence electrons. The maximum Gasteiger partial charge on any atom is 0.245 e. The summed E-state index contributed by atoms with van der Waals surface area (Å²) in [6, 6.07) is 0. The van der Waals surface area contributed by atoms with E-state index in [-0.39, 0.29) is 12.5 Å². The van der Waals surface area contributed by atoms with Crippen molar-refractivity contribution in [3.63, 3.8) is 0 Å². The molecule has 1 N–H and O–H groups in total. The number of nitrogens with one attached hydrogen (secondary N) is 1. The molecule has 0 radical (unpaired) electrons. The SMILES string of the molecule is CC.CCOCC(=O)NCCCN1CCCCC1. The lowest BCUT2D eigenvalue weighted by molar-refractivity contribution is -0.125. The molecule has 1 heterocycles. The normalized spacial score (nSPS) is 15.7. The van der Waals surface area contributed by atoms with Crippen LogP contribution in [0.15, 0.2) is 0 Å². The zero-order valence-electron chi connectivity index (χ0n) is 12.3. The molecule has 18 heavy (non-hydrogen) atoms. The van der Waals surface area contributed by atoms with Gasteiger partial charge in [0.1, 0.15) is 6.61 Å². The summed E-state index contributed by atoms with van der Waals surface area (Å²) in [4.78, 5) is 13.7. The number of carbonyl (C=O) groups excluding carboxylic acids is 1. The summed E-state index contributed by atoms with van der Waals surface area (Å²) in [5.74, 6) is 0.000458. The van der Waals surface area contributed by atoms with Gasteiger partial charge in [0.2, 0.25) is 5.91 Å². The Labute approximate surface area is 112 Å². The number of amides is 1. The average molecular weight is 258 g/mol. The van der Waals surface area contributed by atoms with Crippen LogP contribution in [0.1, 0.15) is 46.5 Å². The van der Waals surface area contributed by atoms with Crippen LogP contribution in [-0.2, 0) is 9.53 Å². The standard InChI is InChI=1S/C12H24N2O2.C2H6/c1-2-16-11-12(15)13-7-6-10-14-8-4-3-5-9-14;1-2/h2-11H2,1H3,(H,13,15);1-2H3. The Morgan fingerprint density at radius 3 is 2.50 bits per heavy atom. The highest BCUT2D eigenvalue weighted by Gasteiger charge is 2.09. The fourth-order valence-electron chi connectivity index (χ4n) is 1.96. The number of nitrogens with zero attached hydrogens (tertiary/aromatic N) is 1. The van der Waals surface area contributed by atoms with E-state index in [1.165, 1.54) is 32.4 Å². The summed E-state index contributed by atoms with van der Waals surface area (Å²) in [6.07, 6.45) is 5.08. The lowest BCUT2D eigenvalue weighted by atomic mass is 10.1. The van der Waals surface area contributed by atoms with Crippen LogP contribution in [0.2, 0.25) is 0 Å². The van der Waals surface area contributed by atoms with Gasteiger partial charge in [-0.2, -0.15) is 0 Å². The van der Waals surface area contributed by atoms with E-state index in [9.17, 15) is 4.79 Å². The van der Waals surface area contributed by atoms with Crippen LogP contribution in [-0.4, -0.2) is 50.2 Å². The second-order valence-electron chi connectivity index (χ2n) is 4.24. The van der Waals surface area contributed by atoms with Crippen molar-refractivity contribution in [1.29, 1.82) is 0 Å². The highest BCUT2D eigenvalue weighted by molar-refractivity contribution is 5.77. The third kappa shape index (κ3) is 9.42. The van der Waals surface area contributed by atoms with Crippen molar-refractivity contribution >= 4 is 5.91 Å². The topological polar surface area (TPSA) is 41.6 Å². The van der Waals surface area contributed by atoms with Gasteiger partial charge < -0.3 is 15.0 Å². The van der Waals surface area contributed by atoms with Crippen LogP contribution >= 0.6 is 0 Å². The Balaban J connectivity index is 0.00000137. The van der Waals surface area contributed by atoms with Crippen LogP contribution in [0, 0.1) is 0 Å². The maximum atomic E-state index is 11.2. The van der Waals surface area contributed by atoms with Crippen LogP contribution in [0.5, 0.6) is 0 Å². The van der Waals surface area contributed by atoms with Crippen molar-refractivity contribution in [2.45, 2.75) is 46.5 Å². The molecule has 4 heteroatoms. The van der Waals surface area contributed by atoms with Gasteiger partial charge in [-0.3, -0.25) is 4.79 Å². The minimum atomic E-state index is 0.000458. The van der Waals surface area contributed by atoms with Gasteiger partial charge in [-0.05, 0) is 45.8 Å². The summed E-state index contributed by atoms with van der Waals surface area (Å²) in [6.45, 7) is 11.0. The van der Waals surface area contributed by atoms with Gasteiger partial charge in [0.05, 0.1) is 0 Å². The number of carbonyl (C=O) groups is 1. The zero-order chi connectivity index (χ0) is 13.6. The Morgan fingerprint density at radius 1 is 1.22 bits per heavy atom. The van der Waals surface area contributed by atoms with E-state index in [4.69, 9.17) is 4.74 Å². The molecule has 0 aromatic heterocycles. The summed E-state index contributed by atoms with van der Waals surface area (Å²) in [5, 5.41) is 2.87. The molecule has 1 amide bonds. The van der Waals surface area contributed by atoms with Crippen molar-refractivity contribution < 1.29 is 9.53 Å². The van der Waals surface area contributed by atoms with E-state index in [1.807, 2.05) is 20.8 Å². The van der Waals surface area contributed by atoms with E-state index >= 15 is 0 Å². The molecule has 0 aromatic rings. The second kappa shape index (κ2) is 12.8. The third-order valence-electron chi connectivity index (χ3n) is 2.86. The van der Waals surface area contributed by atoms with E-state index in [0.717, 1.165) is 19.5 Å². The monoisotopic (exact) mass is 258 g/mol. The summed E-state index contributed by atoms with van der Waals surface area (Å²) in [5.41, 5.74) is 0. The molecule has 1 fully saturated rings. The third-order valence-corrected chi connectivity index (χ3v) is 2.86. The number of ether oxygens (including phenoxy) is 1. The summed E-state index contributed by atoms with van der Waals surface area (Å²) < 4.78 is 5.02. The first-order chi connectivity index (χ1) is 8.83. The van der Waals surface area contributed by atoms with Gasteiger partial charge in [-0.25, -0.2) is 0 Å². The fraction of sp³-hybridized carbons (Fsp3) is 0.929. The molecule has 0 bridgehead atoms. The highest BCUT2D eigenvalue weighted by Crippen LogP contribution is 2.08. The zero-order valence-corrected chi connectivity index (χ0v) is 12.3. The quantitative estimate of drug-likeness (QED) is 0.711. The number of likely N-dealkylation sites (tertiary alicyclic amines) is 1. The molecule has 0 aromatic carbocycles. The molecule has 0 aliphatic carbocycles. The van der Waals surface area contributed by atoms with Gasteiger partial charge in [0.15, 0.2) is 0 Å². The number of hydrogen-bond donors (Lipinski definition) is 1. The Morgan fingerprint density at radius 2 is 1.89 bits per heavy atom. The molecule has 1 aliphatic rings. The van der Waals surface area contributed by atoms with E-state index in [2.05, 4.69) is 10.2 Å².